The van der Waals surface area contributed by atoms with Crippen LogP contribution in [-0.2, 0) is 18.4 Å². The van der Waals surface area contributed by atoms with Gasteiger partial charge in [-0.2, -0.15) is 0 Å². The Morgan fingerprint density at radius 3 is 0.976 bits per heavy atom. The van der Waals surface area contributed by atoms with Gasteiger partial charge in [0.1, 0.15) is 13.2 Å². The summed E-state index contributed by atoms with van der Waals surface area (Å²) in [6, 6.07) is -0.862. The van der Waals surface area contributed by atoms with Crippen molar-refractivity contribution in [2.24, 2.45) is 0 Å². The number of phosphoric acid groups is 1. The minimum atomic E-state index is -4.36. The van der Waals surface area contributed by atoms with Crippen LogP contribution in [0, 0.1) is 0 Å². The number of unbranched alkanes of at least 4 members (excludes halogenated alkanes) is 54. The summed E-state index contributed by atoms with van der Waals surface area (Å²) in [5.41, 5.74) is 0. The van der Waals surface area contributed by atoms with Crippen molar-refractivity contribution in [1.29, 1.82) is 0 Å². The number of nitrogens with zero attached hydrogens (tertiary/aromatic N) is 1. The number of carbonyl (C=O) groups is 1. The molecule has 3 unspecified atom stereocenters. The molecule has 0 radical (unpaired) electrons. The number of allylic oxidation sites excluding steroid dienone is 3. The zero-order valence-corrected chi connectivity index (χ0v) is 56.9. The number of aliphatic hydroxyl groups excluding tert-OH is 1. The van der Waals surface area contributed by atoms with Crippen molar-refractivity contribution >= 4 is 13.7 Å². The van der Waals surface area contributed by atoms with Crippen LogP contribution < -0.4 is 5.32 Å². The van der Waals surface area contributed by atoms with E-state index in [9.17, 15) is 19.4 Å². The number of aliphatic hydroxyl groups is 1. The average molecular weight is 1180 g/mol. The van der Waals surface area contributed by atoms with Gasteiger partial charge in [-0.15, -0.1) is 0 Å². The first kappa shape index (κ1) is 81.0. The Kier molecular flexibility index (Phi) is 63.7. The number of likely N-dealkylation sites (N-methyl/N-ethyl adjacent to an activating group) is 1. The molecule has 0 heterocycles. The number of carbonyl (C=O) groups excluding carboxylic acids is 1. The highest BCUT2D eigenvalue weighted by molar-refractivity contribution is 7.47. The van der Waals surface area contributed by atoms with E-state index in [1.54, 1.807) is 6.08 Å². The summed E-state index contributed by atoms with van der Waals surface area (Å²) in [5.74, 6) is -0.177. The van der Waals surface area contributed by atoms with E-state index in [-0.39, 0.29) is 19.1 Å². The van der Waals surface area contributed by atoms with E-state index in [1.807, 2.05) is 27.2 Å². The van der Waals surface area contributed by atoms with E-state index in [0.717, 1.165) is 38.5 Å². The highest BCUT2D eigenvalue weighted by Gasteiger charge is 2.28. The molecule has 0 saturated heterocycles. The van der Waals surface area contributed by atoms with Crippen LogP contribution >= 0.6 is 7.82 Å². The molecule has 9 heteroatoms. The number of nitrogens with one attached hydrogen (secondary N) is 1. The largest absolute Gasteiger partial charge is 0.472 e. The third-order valence-corrected chi connectivity index (χ3v) is 18.2. The Balaban J connectivity index is 4.03. The number of hydrogen-bond donors (Lipinski definition) is 3. The van der Waals surface area contributed by atoms with Crippen LogP contribution in [0.3, 0.4) is 0 Å². The van der Waals surface area contributed by atoms with Gasteiger partial charge in [0.15, 0.2) is 0 Å². The van der Waals surface area contributed by atoms with Gasteiger partial charge in [0, 0.05) is 6.42 Å². The number of hydrogen-bond acceptors (Lipinski definition) is 5. The lowest BCUT2D eigenvalue weighted by Gasteiger charge is -2.25. The zero-order valence-electron chi connectivity index (χ0n) is 56.0. The molecule has 0 aliphatic heterocycles. The molecule has 0 fully saturated rings. The molecule has 0 rings (SSSR count). The molecule has 82 heavy (non-hydrogen) atoms. The summed E-state index contributed by atoms with van der Waals surface area (Å²) in [6.07, 6.45) is 85.0. The molecule has 0 aromatic rings. The summed E-state index contributed by atoms with van der Waals surface area (Å²) in [5, 5.41) is 14.0. The van der Waals surface area contributed by atoms with Gasteiger partial charge in [0.2, 0.25) is 5.91 Å². The lowest BCUT2D eigenvalue weighted by atomic mass is 10.0. The second kappa shape index (κ2) is 64.5. The third kappa shape index (κ3) is 66.5. The number of rotatable bonds is 69. The normalized spacial score (nSPS) is 13.7. The number of phosphoric ester groups is 1. The molecule has 0 aliphatic rings. The first-order valence-electron chi connectivity index (χ1n) is 36.7. The minimum absolute atomic E-state index is 0.0592. The quantitative estimate of drug-likeness (QED) is 0.0243. The van der Waals surface area contributed by atoms with Crippen LogP contribution in [0.2, 0.25) is 0 Å². The smallest absolute Gasteiger partial charge is 0.387 e. The van der Waals surface area contributed by atoms with Gasteiger partial charge < -0.3 is 19.8 Å². The second-order valence-corrected chi connectivity index (χ2v) is 28.1. The fraction of sp³-hybridized carbons (Fsp3) is 0.932. The molecular formula is C73H146N2O6P+. The van der Waals surface area contributed by atoms with E-state index in [0.29, 0.717) is 17.4 Å². The molecule has 0 aromatic carbocycles. The molecule has 3 N–H and O–H groups in total. The summed E-state index contributed by atoms with van der Waals surface area (Å²) in [4.78, 5) is 23.4. The van der Waals surface area contributed by atoms with E-state index >= 15 is 0 Å². The fourth-order valence-electron chi connectivity index (χ4n) is 11.5. The highest BCUT2D eigenvalue weighted by Crippen LogP contribution is 2.43. The first-order valence-corrected chi connectivity index (χ1v) is 38.2. The van der Waals surface area contributed by atoms with E-state index < -0.39 is 20.0 Å². The summed E-state index contributed by atoms with van der Waals surface area (Å²) >= 11 is 0. The molecular weight excluding hydrogens is 1030 g/mol. The van der Waals surface area contributed by atoms with Crippen LogP contribution in [0.15, 0.2) is 24.3 Å². The fourth-order valence-corrected chi connectivity index (χ4v) is 12.2. The van der Waals surface area contributed by atoms with Crippen molar-refractivity contribution in [3.8, 4) is 0 Å². The Hall–Kier alpha value is -1.02. The molecule has 488 valence electrons. The Morgan fingerprint density at radius 2 is 0.671 bits per heavy atom. The molecule has 8 nitrogen and oxygen atoms in total. The van der Waals surface area contributed by atoms with Crippen LogP contribution in [-0.4, -0.2) is 73.4 Å². The topological polar surface area (TPSA) is 105 Å². The van der Waals surface area contributed by atoms with Crippen LogP contribution in [0.4, 0.5) is 0 Å². The van der Waals surface area contributed by atoms with Gasteiger partial charge in [-0.25, -0.2) is 4.57 Å². The minimum Gasteiger partial charge on any atom is -0.387 e. The maximum absolute atomic E-state index is 13.1. The monoisotopic (exact) mass is 1180 g/mol. The van der Waals surface area contributed by atoms with Crippen LogP contribution in [0.5, 0.6) is 0 Å². The van der Waals surface area contributed by atoms with Crippen LogP contribution in [0.1, 0.15) is 386 Å². The SMILES string of the molecule is CCCCCCCCCCCCCCCCCCCCCCCC/C=C/CC/C=C/C(O)C(COP(=O)(O)OCC[N+](C)(C)C)NC(=O)CCCCCCCCCCCCCCCCCCCCCCCCCCCCCCCCCC. The lowest BCUT2D eigenvalue weighted by Crippen LogP contribution is -2.45. The predicted octanol–water partition coefficient (Wildman–Crippen LogP) is 23.4. The zero-order chi connectivity index (χ0) is 59.8. The van der Waals surface area contributed by atoms with Gasteiger partial charge in [0.25, 0.3) is 0 Å². The van der Waals surface area contributed by atoms with Crippen molar-refractivity contribution < 1.29 is 32.9 Å². The van der Waals surface area contributed by atoms with Gasteiger partial charge in [0.05, 0.1) is 39.9 Å². The maximum Gasteiger partial charge on any atom is 0.472 e. The van der Waals surface area contributed by atoms with Gasteiger partial charge >= 0.3 is 7.82 Å². The van der Waals surface area contributed by atoms with Gasteiger partial charge in [-0.05, 0) is 32.1 Å². The van der Waals surface area contributed by atoms with Crippen molar-refractivity contribution in [2.45, 2.75) is 398 Å². The Morgan fingerprint density at radius 1 is 0.402 bits per heavy atom. The molecule has 0 aromatic heterocycles. The summed E-state index contributed by atoms with van der Waals surface area (Å²) in [6.45, 7) is 4.87. The standard InChI is InChI=1S/C73H145N2O6P/c1-6-8-10-12-14-16-18-20-22-24-26-28-30-32-34-36-37-38-39-41-43-45-47-49-51-53-55-57-59-61-63-65-67-73(77)74-71(70-81-82(78,79)80-69-68-75(3,4)5)72(76)66-64-62-60-58-56-54-52-50-48-46-44-42-40-35-33-31-29-27-25-23-21-19-17-15-13-11-9-7-2/h56,58,64,66,71-72,76H,6-55,57,59-63,65,67-70H2,1-5H3,(H-,74,77,78,79)/p+1/b58-56+,66-64+. The van der Waals surface area contributed by atoms with Crippen LogP contribution in [0.25, 0.3) is 0 Å². The maximum atomic E-state index is 13.1. The number of amides is 1. The molecule has 1 amide bonds. The van der Waals surface area contributed by atoms with Gasteiger partial charge in [-0.1, -0.05) is 372 Å². The van der Waals surface area contributed by atoms with E-state index in [1.165, 1.54) is 327 Å². The summed E-state index contributed by atoms with van der Waals surface area (Å²) < 4.78 is 23.8. The molecule has 0 bridgehead atoms. The molecule has 0 aliphatic carbocycles. The first-order chi connectivity index (χ1) is 40.0. The van der Waals surface area contributed by atoms with Crippen molar-refractivity contribution in [3.05, 3.63) is 24.3 Å². The number of quaternary nitrogens is 1. The van der Waals surface area contributed by atoms with E-state index in [2.05, 4.69) is 31.3 Å². The highest BCUT2D eigenvalue weighted by atomic mass is 31.2. The average Bonchev–Trinajstić information content (AvgIpc) is 3.45. The predicted molar refractivity (Wildman–Crippen MR) is 360 cm³/mol. The molecule has 3 atom stereocenters. The van der Waals surface area contributed by atoms with Crippen molar-refractivity contribution in [3.63, 3.8) is 0 Å². The Labute approximate surface area is 513 Å². The third-order valence-electron chi connectivity index (χ3n) is 17.2. The molecule has 0 saturated carbocycles. The van der Waals surface area contributed by atoms with Crippen molar-refractivity contribution in [2.75, 3.05) is 40.9 Å². The Bertz CT molecular complexity index is 1390. The van der Waals surface area contributed by atoms with Gasteiger partial charge in [-0.3, -0.25) is 13.8 Å². The molecule has 0 spiro atoms. The summed E-state index contributed by atoms with van der Waals surface area (Å²) in [7, 11) is 1.58. The van der Waals surface area contributed by atoms with Crippen molar-refractivity contribution in [1.82, 2.24) is 5.32 Å². The van der Waals surface area contributed by atoms with E-state index in [4.69, 9.17) is 9.05 Å². The second-order valence-electron chi connectivity index (χ2n) is 26.7. The lowest BCUT2D eigenvalue weighted by molar-refractivity contribution is -0.870.